The molecule has 0 bridgehead atoms. The van der Waals surface area contributed by atoms with E-state index in [-0.39, 0.29) is 43.0 Å². The van der Waals surface area contributed by atoms with Crippen LogP contribution < -0.4 is 19.5 Å². The first kappa shape index (κ1) is 36.0. The van der Waals surface area contributed by atoms with E-state index in [0.29, 0.717) is 36.9 Å². The first-order valence-electron chi connectivity index (χ1n) is 18.6. The second-order valence-electron chi connectivity index (χ2n) is 14.9. The molecule has 4 aliphatic heterocycles. The third kappa shape index (κ3) is 7.57. The number of nitrogens with zero attached hydrogens (tertiary/aromatic N) is 2. The highest BCUT2D eigenvalue weighted by molar-refractivity contribution is 7.92. The SMILES string of the molecule is CC1(C)O[C@H](CNC(C2CCCC2)S(=O)(=O)c2ccc3c(c2)OCO3)[C@H](Cc2ccc(OCc3ccccn3)cc2)N1C(=O)O[C@H]1CO[C@H]2OCC[C@H]21. The predicted octanol–water partition coefficient (Wildman–Crippen LogP) is 5.22. The van der Waals surface area contributed by atoms with Crippen LogP contribution >= 0.6 is 0 Å². The summed E-state index contributed by atoms with van der Waals surface area (Å²) in [5.74, 6) is 1.54. The quantitative estimate of drug-likeness (QED) is 0.260. The van der Waals surface area contributed by atoms with Crippen molar-refractivity contribution in [2.24, 2.45) is 11.8 Å². The van der Waals surface area contributed by atoms with Crippen molar-refractivity contribution in [3.05, 3.63) is 78.1 Å². The summed E-state index contributed by atoms with van der Waals surface area (Å²) in [4.78, 5) is 20.3. The number of hydrogen-bond donors (Lipinski definition) is 1. The van der Waals surface area contributed by atoms with Crippen LogP contribution in [0.3, 0.4) is 0 Å². The zero-order chi connectivity index (χ0) is 36.6. The first-order valence-corrected chi connectivity index (χ1v) is 20.1. The van der Waals surface area contributed by atoms with E-state index in [1.807, 2.05) is 56.3 Å². The molecule has 0 radical (unpaired) electrons. The predicted molar refractivity (Wildman–Crippen MR) is 191 cm³/mol. The molecule has 284 valence electrons. The van der Waals surface area contributed by atoms with Crippen LogP contribution in [0.15, 0.2) is 71.8 Å². The molecular weight excluding hydrogens is 703 g/mol. The van der Waals surface area contributed by atoms with Crippen molar-refractivity contribution >= 4 is 15.9 Å². The maximum Gasteiger partial charge on any atom is 0.412 e. The maximum atomic E-state index is 14.3. The highest BCUT2D eigenvalue weighted by Gasteiger charge is 2.53. The normalized spacial score (nSPS) is 26.8. The van der Waals surface area contributed by atoms with E-state index in [0.717, 1.165) is 43.4 Å². The number of fused-ring (bicyclic) bond motifs is 2. The van der Waals surface area contributed by atoms with Crippen molar-refractivity contribution in [1.29, 1.82) is 0 Å². The Labute approximate surface area is 310 Å². The summed E-state index contributed by atoms with van der Waals surface area (Å²) in [6.45, 7) is 5.12. The maximum absolute atomic E-state index is 14.3. The molecule has 6 atom stereocenters. The molecular formula is C39H47N3O10S. The van der Waals surface area contributed by atoms with E-state index in [1.54, 1.807) is 29.3 Å². The standard InChI is InChI=1S/C39H47N3O10S/c1-39(2)42(38(43)51-35-23-48-37-30(35)16-18-46-37)31(19-25-10-12-28(13-11-25)47-22-27-9-5-6-17-40-27)34(52-39)21-41-36(26-7-3-4-8-26)53(44,45)29-14-15-32-33(20-29)50-24-49-32/h5-6,9-15,17,20,26,30-31,34-37,41H,3-4,7-8,16,18-19,21-24H2,1-2H3/t30-,31-,34+,35-,36?,37+/m0/s1. The number of aromatic nitrogens is 1. The van der Waals surface area contributed by atoms with Crippen LogP contribution in [0.5, 0.6) is 17.2 Å². The van der Waals surface area contributed by atoms with Gasteiger partial charge in [0.15, 0.2) is 27.6 Å². The number of ether oxygens (including phenoxy) is 7. The number of rotatable bonds is 12. The minimum Gasteiger partial charge on any atom is -0.487 e. The number of hydrogen-bond acceptors (Lipinski definition) is 12. The summed E-state index contributed by atoms with van der Waals surface area (Å²) < 4.78 is 69.8. The average molecular weight is 750 g/mol. The fraction of sp³-hybridized carbons (Fsp3) is 0.538. The molecule has 5 aliphatic rings. The lowest BCUT2D eigenvalue weighted by Crippen LogP contribution is -2.52. The smallest absolute Gasteiger partial charge is 0.412 e. The Bertz CT molecular complexity index is 1850. The Balaban J connectivity index is 1.03. The van der Waals surface area contributed by atoms with Crippen molar-refractivity contribution in [3.8, 4) is 17.2 Å². The molecule has 1 amide bonds. The molecule has 1 unspecified atom stereocenters. The number of carbonyl (C=O) groups is 1. The molecule has 0 spiro atoms. The molecule has 1 N–H and O–H groups in total. The number of amides is 1. The van der Waals surface area contributed by atoms with Gasteiger partial charge in [-0.1, -0.05) is 31.0 Å². The zero-order valence-electron chi connectivity index (χ0n) is 30.1. The van der Waals surface area contributed by atoms with Crippen molar-refractivity contribution in [3.63, 3.8) is 0 Å². The fourth-order valence-corrected chi connectivity index (χ4v) is 10.3. The molecule has 3 aromatic rings. The molecule has 8 rings (SSSR count). The molecule has 5 heterocycles. The van der Waals surface area contributed by atoms with Gasteiger partial charge in [0, 0.05) is 18.8 Å². The minimum absolute atomic E-state index is 0.0197. The summed E-state index contributed by atoms with van der Waals surface area (Å²) in [6.07, 6.45) is 4.60. The van der Waals surface area contributed by atoms with E-state index in [1.165, 1.54) is 0 Å². The van der Waals surface area contributed by atoms with Gasteiger partial charge in [-0.2, -0.15) is 0 Å². The van der Waals surface area contributed by atoms with Gasteiger partial charge in [-0.25, -0.2) is 13.2 Å². The Hall–Kier alpha value is -3.95. The second-order valence-corrected chi connectivity index (χ2v) is 16.9. The van der Waals surface area contributed by atoms with Gasteiger partial charge >= 0.3 is 6.09 Å². The van der Waals surface area contributed by atoms with Crippen LogP contribution in [-0.4, -0.2) is 86.6 Å². The third-order valence-corrected chi connectivity index (χ3v) is 13.2. The lowest BCUT2D eigenvalue weighted by molar-refractivity contribution is -0.0911. The van der Waals surface area contributed by atoms with Crippen molar-refractivity contribution in [2.45, 2.75) is 99.5 Å². The minimum atomic E-state index is -3.84. The molecule has 1 aromatic heterocycles. The van der Waals surface area contributed by atoms with Gasteiger partial charge in [0.1, 0.15) is 29.6 Å². The fourth-order valence-electron chi connectivity index (χ4n) is 8.39. The topological polar surface area (TPSA) is 144 Å². The first-order chi connectivity index (χ1) is 25.7. The highest BCUT2D eigenvalue weighted by Crippen LogP contribution is 2.40. The number of pyridine rings is 1. The van der Waals surface area contributed by atoms with Gasteiger partial charge < -0.3 is 33.2 Å². The van der Waals surface area contributed by atoms with Gasteiger partial charge in [0.25, 0.3) is 0 Å². The average Bonchev–Trinajstić information content (AvgIpc) is 4.00. The number of sulfone groups is 1. The van der Waals surface area contributed by atoms with E-state index >= 15 is 0 Å². The van der Waals surface area contributed by atoms with Gasteiger partial charge in [-0.15, -0.1) is 0 Å². The summed E-state index contributed by atoms with van der Waals surface area (Å²) >= 11 is 0. The molecule has 1 saturated carbocycles. The van der Waals surface area contributed by atoms with Crippen molar-refractivity contribution in [2.75, 3.05) is 26.6 Å². The number of carbonyl (C=O) groups excluding carboxylic acids is 1. The van der Waals surface area contributed by atoms with Gasteiger partial charge in [-0.05, 0) is 87.4 Å². The second kappa shape index (κ2) is 15.1. The zero-order valence-corrected chi connectivity index (χ0v) is 30.9. The monoisotopic (exact) mass is 749 g/mol. The van der Waals surface area contributed by atoms with Gasteiger partial charge in [0.05, 0.1) is 41.9 Å². The summed E-state index contributed by atoms with van der Waals surface area (Å²) in [7, 11) is -3.84. The summed E-state index contributed by atoms with van der Waals surface area (Å²) in [5, 5.41) is 2.58. The lowest BCUT2D eigenvalue weighted by atomic mass is 9.99. The largest absolute Gasteiger partial charge is 0.487 e. The molecule has 14 heteroatoms. The van der Waals surface area contributed by atoms with Crippen molar-refractivity contribution in [1.82, 2.24) is 15.2 Å². The van der Waals surface area contributed by atoms with E-state index in [4.69, 9.17) is 33.2 Å². The van der Waals surface area contributed by atoms with Crippen LogP contribution in [0.25, 0.3) is 0 Å². The van der Waals surface area contributed by atoms with E-state index in [9.17, 15) is 13.2 Å². The molecule has 53 heavy (non-hydrogen) atoms. The Kier molecular flexibility index (Phi) is 10.2. The van der Waals surface area contributed by atoms with Gasteiger partial charge in [-0.3, -0.25) is 15.2 Å². The van der Waals surface area contributed by atoms with Crippen LogP contribution in [-0.2, 0) is 41.8 Å². The van der Waals surface area contributed by atoms with E-state index in [2.05, 4.69) is 10.3 Å². The van der Waals surface area contributed by atoms with Gasteiger partial charge in [0.2, 0.25) is 6.79 Å². The van der Waals surface area contributed by atoms with Crippen LogP contribution in [0.2, 0.25) is 0 Å². The Morgan fingerprint density at radius 2 is 1.83 bits per heavy atom. The molecule has 3 saturated heterocycles. The van der Waals surface area contributed by atoms with E-state index < -0.39 is 45.3 Å². The third-order valence-electron chi connectivity index (χ3n) is 11.1. The summed E-state index contributed by atoms with van der Waals surface area (Å²) in [6, 6.07) is 17.7. The van der Waals surface area contributed by atoms with Crippen LogP contribution in [0.1, 0.15) is 57.2 Å². The number of nitrogens with one attached hydrogen (secondary N) is 1. The number of benzene rings is 2. The highest BCUT2D eigenvalue weighted by atomic mass is 32.2. The molecule has 1 aliphatic carbocycles. The van der Waals surface area contributed by atoms with Crippen molar-refractivity contribution < 1.29 is 46.4 Å². The van der Waals surface area contributed by atoms with Crippen LogP contribution in [0.4, 0.5) is 4.79 Å². The lowest BCUT2D eigenvalue weighted by Gasteiger charge is -2.34. The molecule has 4 fully saturated rings. The Morgan fingerprint density at radius 3 is 2.62 bits per heavy atom. The molecule has 2 aromatic carbocycles. The summed E-state index contributed by atoms with van der Waals surface area (Å²) in [5.41, 5.74) is 0.730. The Morgan fingerprint density at radius 1 is 1.02 bits per heavy atom. The molecule has 13 nitrogen and oxygen atoms in total. The van der Waals surface area contributed by atoms with Crippen LogP contribution in [0, 0.1) is 11.8 Å².